The molecule has 0 amide bonds. The molecule has 1 saturated heterocycles. The van der Waals surface area contributed by atoms with Gasteiger partial charge in [0.15, 0.2) is 5.82 Å². The Labute approximate surface area is 178 Å². The van der Waals surface area contributed by atoms with Crippen molar-refractivity contribution in [1.29, 1.82) is 0 Å². The second-order valence-electron chi connectivity index (χ2n) is 6.81. The molecule has 0 aliphatic carbocycles. The molecule has 3 heterocycles. The maximum Gasteiger partial charge on any atom is 0.326 e. The number of sulfonamides is 1. The van der Waals surface area contributed by atoms with Crippen LogP contribution >= 0.6 is 11.6 Å². The number of ether oxygens (including phenoxy) is 1. The van der Waals surface area contributed by atoms with E-state index >= 15 is 0 Å². The van der Waals surface area contributed by atoms with Gasteiger partial charge in [-0.2, -0.15) is 4.31 Å². The van der Waals surface area contributed by atoms with Gasteiger partial charge in [-0.15, -0.1) is 0 Å². The summed E-state index contributed by atoms with van der Waals surface area (Å²) in [6.07, 6.45) is 3.67. The number of pyridine rings is 1. The first-order valence-electron chi connectivity index (χ1n) is 9.26. The van der Waals surface area contributed by atoms with Crippen LogP contribution in [0.1, 0.15) is 25.0 Å². The molecule has 1 fully saturated rings. The number of nitrogens with zero attached hydrogens (tertiary/aromatic N) is 4. The Morgan fingerprint density at radius 1 is 1.37 bits per heavy atom. The van der Waals surface area contributed by atoms with Crippen molar-refractivity contribution >= 4 is 33.4 Å². The summed E-state index contributed by atoms with van der Waals surface area (Å²) in [6.45, 7) is 1.67. The minimum atomic E-state index is -3.56. The van der Waals surface area contributed by atoms with Crippen molar-refractivity contribution in [1.82, 2.24) is 18.8 Å². The Balaban J connectivity index is 1.88. The van der Waals surface area contributed by atoms with E-state index in [1.54, 1.807) is 19.2 Å². The zero-order chi connectivity index (χ0) is 21.9. The van der Waals surface area contributed by atoms with E-state index in [4.69, 9.17) is 16.3 Å². The Bertz CT molecular complexity index is 1080. The van der Waals surface area contributed by atoms with Crippen LogP contribution < -0.4 is 10.9 Å². The third kappa shape index (κ3) is 4.97. The summed E-state index contributed by atoms with van der Waals surface area (Å²) < 4.78 is 31.8. The van der Waals surface area contributed by atoms with Crippen molar-refractivity contribution in [2.75, 3.05) is 24.7 Å². The number of carbonyl (C=O) groups excluding carboxylic acids is 1. The van der Waals surface area contributed by atoms with Crippen molar-refractivity contribution < 1.29 is 17.9 Å². The Kier molecular flexibility index (Phi) is 6.74. The minimum absolute atomic E-state index is 0.0312. The average Bonchev–Trinajstić information content (AvgIpc) is 3.13. The molecule has 12 heteroatoms. The SMILES string of the molecule is CCOC(=O)Cn1c(Cl)cnc(N[C@@H]2C[C@@H](c3ccccn3)CN2S(C)(=O)=O)c1=O. The molecule has 0 radical (unpaired) electrons. The van der Waals surface area contributed by atoms with E-state index in [1.165, 1.54) is 10.5 Å². The highest BCUT2D eigenvalue weighted by Gasteiger charge is 2.39. The highest BCUT2D eigenvalue weighted by atomic mass is 35.5. The number of aromatic nitrogens is 3. The summed E-state index contributed by atoms with van der Waals surface area (Å²) in [5.41, 5.74) is 0.115. The van der Waals surface area contributed by atoms with Gasteiger partial charge in [-0.1, -0.05) is 17.7 Å². The largest absolute Gasteiger partial charge is 0.465 e. The van der Waals surface area contributed by atoms with Crippen LogP contribution in [0, 0.1) is 0 Å². The van der Waals surface area contributed by atoms with Crippen molar-refractivity contribution in [3.8, 4) is 0 Å². The van der Waals surface area contributed by atoms with E-state index in [9.17, 15) is 18.0 Å². The van der Waals surface area contributed by atoms with Gasteiger partial charge in [0.25, 0.3) is 5.56 Å². The molecule has 1 N–H and O–H groups in total. The Hall–Kier alpha value is -2.50. The lowest BCUT2D eigenvalue weighted by molar-refractivity contribution is -0.143. The molecule has 0 saturated carbocycles. The van der Waals surface area contributed by atoms with Gasteiger partial charge in [0.1, 0.15) is 11.7 Å². The molecule has 0 spiro atoms. The van der Waals surface area contributed by atoms with Crippen LogP contribution in [-0.4, -0.2) is 58.8 Å². The molecule has 2 aromatic rings. The van der Waals surface area contributed by atoms with Crippen LogP contribution in [0.5, 0.6) is 0 Å². The Morgan fingerprint density at radius 3 is 2.77 bits per heavy atom. The number of anilines is 1. The monoisotopic (exact) mass is 455 g/mol. The molecule has 1 aliphatic rings. The molecule has 10 nitrogen and oxygen atoms in total. The van der Waals surface area contributed by atoms with Gasteiger partial charge >= 0.3 is 5.97 Å². The molecular formula is C18H22ClN5O5S. The van der Waals surface area contributed by atoms with Gasteiger partial charge in [-0.05, 0) is 25.5 Å². The van der Waals surface area contributed by atoms with Gasteiger partial charge in [-0.25, -0.2) is 13.4 Å². The summed E-state index contributed by atoms with van der Waals surface area (Å²) in [7, 11) is -3.56. The fourth-order valence-corrected chi connectivity index (χ4v) is 4.58. The van der Waals surface area contributed by atoms with E-state index in [0.29, 0.717) is 6.42 Å². The van der Waals surface area contributed by atoms with Crippen molar-refractivity contribution in [3.05, 3.63) is 51.8 Å². The second-order valence-corrected chi connectivity index (χ2v) is 9.13. The number of esters is 1. The fraction of sp³-hybridized carbons (Fsp3) is 0.444. The van der Waals surface area contributed by atoms with E-state index in [-0.39, 0.29) is 36.6 Å². The fourth-order valence-electron chi connectivity index (χ4n) is 3.34. The molecule has 2 atom stereocenters. The van der Waals surface area contributed by atoms with Crippen molar-refractivity contribution in [2.45, 2.75) is 32.0 Å². The summed E-state index contributed by atoms with van der Waals surface area (Å²) in [6, 6.07) is 5.45. The third-order valence-electron chi connectivity index (χ3n) is 4.69. The van der Waals surface area contributed by atoms with Crippen LogP contribution in [0.15, 0.2) is 35.4 Å². The number of hydrogen-bond acceptors (Lipinski definition) is 8. The molecule has 0 aromatic carbocycles. The zero-order valence-corrected chi connectivity index (χ0v) is 18.1. The van der Waals surface area contributed by atoms with E-state index < -0.39 is 27.7 Å². The van der Waals surface area contributed by atoms with Gasteiger partial charge in [-0.3, -0.25) is 19.1 Å². The molecule has 1 aliphatic heterocycles. The maximum atomic E-state index is 12.8. The first kappa shape index (κ1) is 22.2. The third-order valence-corrected chi connectivity index (χ3v) is 6.25. The first-order chi connectivity index (χ1) is 14.2. The topological polar surface area (TPSA) is 123 Å². The molecule has 3 rings (SSSR count). The number of halogens is 1. The summed E-state index contributed by atoms with van der Waals surface area (Å²) >= 11 is 6.02. The van der Waals surface area contributed by atoms with Crippen LogP contribution in [-0.2, 0) is 26.1 Å². The molecule has 162 valence electrons. The predicted molar refractivity (Wildman–Crippen MR) is 111 cm³/mol. The van der Waals surface area contributed by atoms with Crippen LogP contribution in [0.2, 0.25) is 5.15 Å². The summed E-state index contributed by atoms with van der Waals surface area (Å²) in [4.78, 5) is 32.9. The zero-order valence-electron chi connectivity index (χ0n) is 16.5. The van der Waals surface area contributed by atoms with Crippen LogP contribution in [0.25, 0.3) is 0 Å². The van der Waals surface area contributed by atoms with Crippen LogP contribution in [0.4, 0.5) is 5.82 Å². The normalized spacial score (nSPS) is 19.6. The minimum Gasteiger partial charge on any atom is -0.465 e. The van der Waals surface area contributed by atoms with Gasteiger partial charge in [0, 0.05) is 24.4 Å². The number of rotatable bonds is 7. The number of carbonyl (C=O) groups is 1. The van der Waals surface area contributed by atoms with Crippen molar-refractivity contribution in [2.24, 2.45) is 0 Å². The average molecular weight is 456 g/mol. The van der Waals surface area contributed by atoms with E-state index in [1.807, 2.05) is 12.1 Å². The highest BCUT2D eigenvalue weighted by Crippen LogP contribution is 2.32. The smallest absolute Gasteiger partial charge is 0.326 e. The van der Waals surface area contributed by atoms with Gasteiger partial charge in [0.2, 0.25) is 10.0 Å². The van der Waals surface area contributed by atoms with Crippen molar-refractivity contribution in [3.63, 3.8) is 0 Å². The maximum absolute atomic E-state index is 12.8. The Morgan fingerprint density at radius 2 is 2.13 bits per heavy atom. The standard InChI is InChI=1S/C18H22ClN5O5S/c1-3-29-16(25)11-23-14(19)9-21-17(18(23)26)22-15-8-12(10-24(15)30(2,27)28)13-6-4-5-7-20-13/h4-7,9,12,15H,3,8,10-11H2,1-2H3,(H,21,22)/t12-,15+/m1/s1. The predicted octanol–water partition coefficient (Wildman–Crippen LogP) is 1.04. The lowest BCUT2D eigenvalue weighted by Crippen LogP contribution is -2.41. The lowest BCUT2D eigenvalue weighted by atomic mass is 10.0. The highest BCUT2D eigenvalue weighted by molar-refractivity contribution is 7.88. The second kappa shape index (κ2) is 9.11. The molecule has 2 aromatic heterocycles. The quantitative estimate of drug-likeness (QED) is 0.614. The van der Waals surface area contributed by atoms with E-state index in [2.05, 4.69) is 15.3 Å². The number of hydrogen-bond donors (Lipinski definition) is 1. The molecular weight excluding hydrogens is 434 g/mol. The summed E-state index contributed by atoms with van der Waals surface area (Å²) in [5.74, 6) is -0.871. The summed E-state index contributed by atoms with van der Waals surface area (Å²) in [5, 5.41) is 2.87. The van der Waals surface area contributed by atoms with E-state index in [0.717, 1.165) is 16.5 Å². The molecule has 30 heavy (non-hydrogen) atoms. The first-order valence-corrected chi connectivity index (χ1v) is 11.5. The van der Waals surface area contributed by atoms with Gasteiger partial charge < -0.3 is 10.1 Å². The number of nitrogens with one attached hydrogen (secondary N) is 1. The molecule has 0 bridgehead atoms. The molecule has 0 unspecified atom stereocenters. The lowest BCUT2D eigenvalue weighted by Gasteiger charge is -2.23. The van der Waals surface area contributed by atoms with Gasteiger partial charge in [0.05, 0.1) is 25.2 Å². The van der Waals surface area contributed by atoms with Crippen LogP contribution in [0.3, 0.4) is 0 Å².